The first-order chi connectivity index (χ1) is 13.1. The third kappa shape index (κ3) is 3.35. The first-order valence-electron chi connectivity index (χ1n) is 9.33. The van der Waals surface area contributed by atoms with Crippen molar-refractivity contribution < 1.29 is 14.3 Å². The molecule has 0 aromatic carbocycles. The summed E-state index contributed by atoms with van der Waals surface area (Å²) in [5.74, 6) is 0.752. The van der Waals surface area contributed by atoms with Gasteiger partial charge in [0.1, 0.15) is 6.10 Å². The standard InChI is InChI=1S/C20H24N4O3/c1-3-26-19-14(5-4-8-23-19)15-6-7-16(17(24-15)18(25)21-2)27-13-9-20(10-13)11-22-12-20/h4-8,13,22H,3,9-12H2,1-2H3,(H,21,25). The molecule has 2 aliphatic rings. The lowest BCUT2D eigenvalue weighted by atomic mass is 9.63. The van der Waals surface area contributed by atoms with Crippen LogP contribution in [-0.4, -0.2) is 48.7 Å². The summed E-state index contributed by atoms with van der Waals surface area (Å²) in [5.41, 5.74) is 2.08. The molecule has 7 nitrogen and oxygen atoms in total. The van der Waals surface area contributed by atoms with Crippen molar-refractivity contribution in [1.82, 2.24) is 20.6 Å². The van der Waals surface area contributed by atoms with Gasteiger partial charge in [-0.3, -0.25) is 4.79 Å². The Morgan fingerprint density at radius 3 is 2.81 bits per heavy atom. The number of pyridine rings is 2. The third-order valence-corrected chi connectivity index (χ3v) is 5.24. The van der Waals surface area contributed by atoms with E-state index in [1.165, 1.54) is 0 Å². The normalized spacial score (nSPS) is 17.7. The average molecular weight is 368 g/mol. The molecular formula is C20H24N4O3. The number of hydrogen-bond acceptors (Lipinski definition) is 6. The maximum atomic E-state index is 12.4. The molecule has 27 heavy (non-hydrogen) atoms. The van der Waals surface area contributed by atoms with E-state index in [0.717, 1.165) is 31.5 Å². The zero-order valence-electron chi connectivity index (χ0n) is 15.6. The fourth-order valence-corrected chi connectivity index (χ4v) is 3.75. The van der Waals surface area contributed by atoms with E-state index in [2.05, 4.69) is 20.6 Å². The van der Waals surface area contributed by atoms with Crippen molar-refractivity contribution in [3.63, 3.8) is 0 Å². The van der Waals surface area contributed by atoms with Crippen LogP contribution in [0.3, 0.4) is 0 Å². The number of nitrogens with zero attached hydrogens (tertiary/aromatic N) is 2. The minimum Gasteiger partial charge on any atom is -0.488 e. The predicted octanol–water partition coefficient (Wildman–Crippen LogP) is 2.03. The molecule has 2 aromatic rings. The van der Waals surface area contributed by atoms with Gasteiger partial charge in [0.2, 0.25) is 5.88 Å². The molecule has 1 aliphatic heterocycles. The van der Waals surface area contributed by atoms with Gasteiger partial charge in [-0.25, -0.2) is 9.97 Å². The molecule has 142 valence electrons. The maximum absolute atomic E-state index is 12.4. The molecule has 3 heterocycles. The lowest BCUT2D eigenvalue weighted by molar-refractivity contribution is -0.0498. The van der Waals surface area contributed by atoms with Crippen molar-refractivity contribution in [2.45, 2.75) is 25.9 Å². The highest BCUT2D eigenvalue weighted by Crippen LogP contribution is 2.46. The smallest absolute Gasteiger partial charge is 0.273 e. The van der Waals surface area contributed by atoms with E-state index in [4.69, 9.17) is 9.47 Å². The Hall–Kier alpha value is -2.67. The van der Waals surface area contributed by atoms with Crippen LogP contribution in [0.25, 0.3) is 11.3 Å². The quantitative estimate of drug-likeness (QED) is 0.812. The molecule has 0 atom stereocenters. The number of carbonyl (C=O) groups is 1. The second kappa shape index (κ2) is 7.15. The second-order valence-electron chi connectivity index (χ2n) is 7.16. The van der Waals surface area contributed by atoms with Gasteiger partial charge in [0, 0.05) is 31.7 Å². The van der Waals surface area contributed by atoms with Gasteiger partial charge in [-0.05, 0) is 44.0 Å². The first kappa shape index (κ1) is 17.7. The fraction of sp³-hybridized carbons (Fsp3) is 0.450. The molecule has 0 radical (unpaired) electrons. The number of ether oxygens (including phenoxy) is 2. The maximum Gasteiger partial charge on any atom is 0.273 e. The van der Waals surface area contributed by atoms with Crippen molar-refractivity contribution in [3.8, 4) is 22.9 Å². The van der Waals surface area contributed by atoms with E-state index in [-0.39, 0.29) is 17.7 Å². The average Bonchev–Trinajstić information content (AvgIpc) is 2.63. The van der Waals surface area contributed by atoms with E-state index in [0.29, 0.717) is 29.3 Å². The Kier molecular flexibility index (Phi) is 4.70. The zero-order valence-corrected chi connectivity index (χ0v) is 15.6. The Morgan fingerprint density at radius 2 is 2.15 bits per heavy atom. The highest BCUT2D eigenvalue weighted by molar-refractivity contribution is 5.95. The minimum atomic E-state index is -0.270. The third-order valence-electron chi connectivity index (χ3n) is 5.24. The Balaban J connectivity index is 1.61. The molecule has 2 N–H and O–H groups in total. The van der Waals surface area contributed by atoms with E-state index in [9.17, 15) is 4.79 Å². The van der Waals surface area contributed by atoms with Crippen molar-refractivity contribution >= 4 is 5.91 Å². The van der Waals surface area contributed by atoms with Crippen LogP contribution in [0.15, 0.2) is 30.5 Å². The summed E-state index contributed by atoms with van der Waals surface area (Å²) in [4.78, 5) is 21.2. The summed E-state index contributed by atoms with van der Waals surface area (Å²) in [6, 6.07) is 7.37. The van der Waals surface area contributed by atoms with Gasteiger partial charge in [0.15, 0.2) is 11.4 Å². The van der Waals surface area contributed by atoms with Crippen LogP contribution in [-0.2, 0) is 0 Å². The molecule has 1 aliphatic carbocycles. The van der Waals surface area contributed by atoms with Crippen LogP contribution in [0.5, 0.6) is 11.6 Å². The first-order valence-corrected chi connectivity index (χ1v) is 9.33. The molecule has 4 rings (SSSR count). The predicted molar refractivity (Wildman–Crippen MR) is 101 cm³/mol. The van der Waals surface area contributed by atoms with Gasteiger partial charge in [-0.2, -0.15) is 0 Å². The number of rotatable bonds is 6. The SMILES string of the molecule is CCOc1ncccc1-c1ccc(OC2CC3(CNC3)C2)c(C(=O)NC)n1. The number of hydrogen-bond donors (Lipinski definition) is 2. The highest BCUT2D eigenvalue weighted by atomic mass is 16.5. The van der Waals surface area contributed by atoms with Crippen LogP contribution >= 0.6 is 0 Å². The van der Waals surface area contributed by atoms with E-state index < -0.39 is 0 Å². The Morgan fingerprint density at radius 1 is 1.33 bits per heavy atom. The number of amides is 1. The van der Waals surface area contributed by atoms with Crippen LogP contribution in [0, 0.1) is 5.41 Å². The van der Waals surface area contributed by atoms with Gasteiger partial charge in [0.25, 0.3) is 5.91 Å². The lowest BCUT2D eigenvalue weighted by Crippen LogP contribution is -2.62. The van der Waals surface area contributed by atoms with E-state index in [1.54, 1.807) is 13.2 Å². The van der Waals surface area contributed by atoms with E-state index in [1.807, 2.05) is 31.2 Å². The molecule has 1 saturated heterocycles. The highest BCUT2D eigenvalue weighted by Gasteiger charge is 2.49. The number of aromatic nitrogens is 2. The largest absolute Gasteiger partial charge is 0.488 e. The number of carbonyl (C=O) groups excluding carboxylic acids is 1. The number of nitrogens with one attached hydrogen (secondary N) is 2. The lowest BCUT2D eigenvalue weighted by Gasteiger charge is -2.53. The van der Waals surface area contributed by atoms with Crippen molar-refractivity contribution in [2.24, 2.45) is 5.41 Å². The molecule has 0 unspecified atom stereocenters. The van der Waals surface area contributed by atoms with Crippen molar-refractivity contribution in [2.75, 3.05) is 26.7 Å². The summed E-state index contributed by atoms with van der Waals surface area (Å²) in [6.45, 7) is 4.54. The van der Waals surface area contributed by atoms with Crippen molar-refractivity contribution in [1.29, 1.82) is 0 Å². The summed E-state index contributed by atoms with van der Waals surface area (Å²) in [6.07, 6.45) is 3.85. The van der Waals surface area contributed by atoms with Crippen LogP contribution in [0.2, 0.25) is 0 Å². The van der Waals surface area contributed by atoms with Gasteiger partial charge in [-0.15, -0.1) is 0 Å². The van der Waals surface area contributed by atoms with Gasteiger partial charge < -0.3 is 20.1 Å². The van der Waals surface area contributed by atoms with Crippen LogP contribution in [0.1, 0.15) is 30.3 Å². The molecule has 2 aromatic heterocycles. The molecule has 2 fully saturated rings. The second-order valence-corrected chi connectivity index (χ2v) is 7.16. The summed E-state index contributed by atoms with van der Waals surface area (Å²) < 4.78 is 11.7. The molecule has 1 spiro atoms. The molecular weight excluding hydrogens is 344 g/mol. The minimum absolute atomic E-state index is 0.139. The fourth-order valence-electron chi connectivity index (χ4n) is 3.75. The molecule has 1 saturated carbocycles. The summed E-state index contributed by atoms with van der Waals surface area (Å²) in [5, 5.41) is 5.97. The van der Waals surface area contributed by atoms with Gasteiger partial charge >= 0.3 is 0 Å². The van der Waals surface area contributed by atoms with Gasteiger partial charge in [0.05, 0.1) is 17.9 Å². The molecule has 7 heteroatoms. The summed E-state index contributed by atoms with van der Waals surface area (Å²) in [7, 11) is 1.59. The Labute approximate surface area is 158 Å². The zero-order chi connectivity index (χ0) is 18.9. The Bertz CT molecular complexity index is 843. The van der Waals surface area contributed by atoms with E-state index >= 15 is 0 Å². The van der Waals surface area contributed by atoms with Crippen LogP contribution in [0.4, 0.5) is 0 Å². The monoisotopic (exact) mass is 368 g/mol. The topological polar surface area (TPSA) is 85.4 Å². The van der Waals surface area contributed by atoms with Gasteiger partial charge in [-0.1, -0.05) is 0 Å². The molecule has 1 amide bonds. The summed E-state index contributed by atoms with van der Waals surface area (Å²) >= 11 is 0. The van der Waals surface area contributed by atoms with Crippen molar-refractivity contribution in [3.05, 3.63) is 36.2 Å². The van der Waals surface area contributed by atoms with Crippen LogP contribution < -0.4 is 20.1 Å². The molecule has 0 bridgehead atoms.